The van der Waals surface area contributed by atoms with Crippen LogP contribution < -0.4 is 0 Å². The van der Waals surface area contributed by atoms with Gasteiger partial charge in [0.2, 0.25) is 0 Å². The molecule has 0 radical (unpaired) electrons. The van der Waals surface area contributed by atoms with Crippen LogP contribution in [0.25, 0.3) is 0 Å². The molecular formula is C8H3Br3O2. The molecule has 0 amide bonds. The molecule has 13 heavy (non-hydrogen) atoms. The van der Waals surface area contributed by atoms with Crippen LogP contribution in [0.1, 0.15) is 20.9 Å². The number of ether oxygens (including phenoxy) is 1. The maximum atomic E-state index is 11.3. The second-order valence-electron chi connectivity index (χ2n) is 2.57. The van der Waals surface area contributed by atoms with E-state index in [2.05, 4.69) is 47.8 Å². The quantitative estimate of drug-likeness (QED) is 0.513. The molecule has 0 fully saturated rings. The van der Waals surface area contributed by atoms with Gasteiger partial charge in [0.1, 0.15) is 0 Å². The van der Waals surface area contributed by atoms with E-state index in [1.807, 2.05) is 6.07 Å². The lowest BCUT2D eigenvalue weighted by molar-refractivity contribution is 0.0530. The average molecular weight is 371 g/mol. The predicted molar refractivity (Wildman–Crippen MR) is 58.9 cm³/mol. The normalized spacial score (nSPS) is 19.9. The molecule has 2 nitrogen and oxygen atoms in total. The largest absolute Gasteiger partial charge is 0.442 e. The van der Waals surface area contributed by atoms with Gasteiger partial charge in [0, 0.05) is 14.5 Å². The third kappa shape index (κ3) is 1.57. The number of fused-ring (bicyclic) bond motifs is 1. The van der Waals surface area contributed by atoms with Gasteiger partial charge < -0.3 is 4.74 Å². The van der Waals surface area contributed by atoms with E-state index >= 15 is 0 Å². The highest BCUT2D eigenvalue weighted by Gasteiger charge is 2.31. The van der Waals surface area contributed by atoms with E-state index in [0.29, 0.717) is 5.56 Å². The number of cyclic esters (lactones) is 1. The van der Waals surface area contributed by atoms with Crippen molar-refractivity contribution in [3.63, 3.8) is 0 Å². The summed E-state index contributed by atoms with van der Waals surface area (Å²) in [6.07, 6.45) is 0. The van der Waals surface area contributed by atoms with E-state index in [4.69, 9.17) is 4.74 Å². The summed E-state index contributed by atoms with van der Waals surface area (Å²) in [6, 6.07) is 3.64. The maximum Gasteiger partial charge on any atom is 0.340 e. The van der Waals surface area contributed by atoms with E-state index in [0.717, 1.165) is 14.5 Å². The molecule has 0 spiro atoms. The minimum atomic E-state index is -0.336. The van der Waals surface area contributed by atoms with Gasteiger partial charge in [0.05, 0.1) is 5.56 Å². The van der Waals surface area contributed by atoms with Gasteiger partial charge in [-0.25, -0.2) is 4.79 Å². The fourth-order valence-corrected chi connectivity index (χ4v) is 3.60. The molecule has 0 aliphatic carbocycles. The van der Waals surface area contributed by atoms with Crippen molar-refractivity contribution in [2.24, 2.45) is 0 Å². The number of carbonyl (C=O) groups is 1. The zero-order valence-corrected chi connectivity index (χ0v) is 10.9. The first-order valence-corrected chi connectivity index (χ1v) is 5.94. The zero-order valence-electron chi connectivity index (χ0n) is 6.18. The molecule has 68 valence electrons. The first-order chi connectivity index (χ1) is 6.09. The Balaban J connectivity index is 2.69. The summed E-state index contributed by atoms with van der Waals surface area (Å²) in [6.45, 7) is 0. The zero-order chi connectivity index (χ0) is 9.59. The molecule has 0 aromatic heterocycles. The Morgan fingerprint density at radius 1 is 1.31 bits per heavy atom. The highest BCUT2D eigenvalue weighted by molar-refractivity contribution is 9.11. The van der Waals surface area contributed by atoms with E-state index in [-0.39, 0.29) is 11.0 Å². The van der Waals surface area contributed by atoms with Gasteiger partial charge in [0.15, 0.2) is 5.01 Å². The number of benzene rings is 1. The van der Waals surface area contributed by atoms with Crippen LogP contribution in [-0.2, 0) is 4.74 Å². The number of alkyl halides is 1. The van der Waals surface area contributed by atoms with Crippen LogP contribution >= 0.6 is 47.8 Å². The monoisotopic (exact) mass is 368 g/mol. The van der Waals surface area contributed by atoms with Gasteiger partial charge in [0.25, 0.3) is 0 Å². The van der Waals surface area contributed by atoms with Crippen LogP contribution in [0.3, 0.4) is 0 Å². The Kier molecular flexibility index (Phi) is 2.51. The molecule has 0 bridgehead atoms. The first kappa shape index (κ1) is 9.68. The molecule has 0 N–H and O–H groups in total. The van der Waals surface area contributed by atoms with Gasteiger partial charge in [-0.3, -0.25) is 0 Å². The van der Waals surface area contributed by atoms with Crippen molar-refractivity contribution in [1.29, 1.82) is 0 Å². The van der Waals surface area contributed by atoms with Crippen molar-refractivity contribution in [2.75, 3.05) is 0 Å². The van der Waals surface area contributed by atoms with Gasteiger partial charge in [-0.05, 0) is 28.1 Å². The Morgan fingerprint density at radius 3 is 2.69 bits per heavy atom. The number of halogens is 3. The second kappa shape index (κ2) is 3.37. The molecule has 5 heteroatoms. The summed E-state index contributed by atoms with van der Waals surface area (Å²) in [5.74, 6) is -0.293. The van der Waals surface area contributed by atoms with Crippen molar-refractivity contribution in [1.82, 2.24) is 0 Å². The van der Waals surface area contributed by atoms with E-state index in [1.54, 1.807) is 6.07 Å². The van der Waals surface area contributed by atoms with Gasteiger partial charge in [-0.2, -0.15) is 0 Å². The Bertz CT molecular complexity index is 389. The fourth-order valence-electron chi connectivity index (χ4n) is 1.20. The summed E-state index contributed by atoms with van der Waals surface area (Å²) in [7, 11) is 0. The van der Waals surface area contributed by atoms with Crippen LogP contribution in [0.2, 0.25) is 0 Å². The lowest BCUT2D eigenvalue weighted by Crippen LogP contribution is -1.93. The fraction of sp³-hybridized carbons (Fsp3) is 0.125. The molecule has 0 saturated carbocycles. The van der Waals surface area contributed by atoms with Crippen molar-refractivity contribution in [2.45, 2.75) is 5.01 Å². The summed E-state index contributed by atoms with van der Waals surface area (Å²) < 4.78 is 6.72. The number of hydrogen-bond donors (Lipinski definition) is 0. The van der Waals surface area contributed by atoms with Gasteiger partial charge >= 0.3 is 5.97 Å². The molecular weight excluding hydrogens is 368 g/mol. The Morgan fingerprint density at radius 2 is 2.00 bits per heavy atom. The van der Waals surface area contributed by atoms with Gasteiger partial charge in [-0.15, -0.1) is 0 Å². The Labute approximate surface area is 100 Å². The number of rotatable bonds is 0. The summed E-state index contributed by atoms with van der Waals surface area (Å²) in [5, 5.41) is -0.336. The van der Waals surface area contributed by atoms with Crippen molar-refractivity contribution in [3.8, 4) is 0 Å². The van der Waals surface area contributed by atoms with Crippen molar-refractivity contribution < 1.29 is 9.53 Å². The lowest BCUT2D eigenvalue weighted by Gasteiger charge is -2.03. The lowest BCUT2D eigenvalue weighted by atomic mass is 10.1. The molecule has 1 aliphatic rings. The Hall–Kier alpha value is 0.130. The standard InChI is InChI=1S/C8H3Br3O2/c9-3-1-4-6(5(10)2-3)7(11)13-8(4)12/h1-2,7H. The predicted octanol–water partition coefficient (Wildman–Crippen LogP) is 3.78. The smallest absolute Gasteiger partial charge is 0.340 e. The molecule has 2 rings (SSSR count). The molecule has 1 aromatic rings. The highest BCUT2D eigenvalue weighted by Crippen LogP contribution is 2.41. The van der Waals surface area contributed by atoms with E-state index in [9.17, 15) is 4.79 Å². The highest BCUT2D eigenvalue weighted by atomic mass is 79.9. The molecule has 1 heterocycles. The first-order valence-electron chi connectivity index (χ1n) is 3.43. The van der Waals surface area contributed by atoms with Crippen LogP contribution in [0.5, 0.6) is 0 Å². The number of carbonyl (C=O) groups excluding carboxylic acids is 1. The van der Waals surface area contributed by atoms with Crippen molar-refractivity contribution in [3.05, 3.63) is 32.2 Å². The van der Waals surface area contributed by atoms with Gasteiger partial charge in [-0.1, -0.05) is 31.9 Å². The summed E-state index contributed by atoms with van der Waals surface area (Å²) >= 11 is 9.95. The third-order valence-corrected chi connectivity index (χ3v) is 3.51. The molecule has 0 saturated heterocycles. The third-order valence-electron chi connectivity index (χ3n) is 1.75. The van der Waals surface area contributed by atoms with E-state index in [1.165, 1.54) is 0 Å². The minimum Gasteiger partial charge on any atom is -0.442 e. The number of esters is 1. The summed E-state index contributed by atoms with van der Waals surface area (Å²) in [5.41, 5.74) is 1.45. The molecule has 1 unspecified atom stereocenters. The van der Waals surface area contributed by atoms with Crippen LogP contribution in [0.15, 0.2) is 21.1 Å². The average Bonchev–Trinajstić information content (AvgIpc) is 2.27. The maximum absolute atomic E-state index is 11.3. The second-order valence-corrected chi connectivity index (χ2v) is 5.17. The summed E-state index contributed by atoms with van der Waals surface area (Å²) in [4.78, 5) is 11.3. The van der Waals surface area contributed by atoms with Crippen LogP contribution in [0.4, 0.5) is 0 Å². The topological polar surface area (TPSA) is 26.3 Å². The molecule has 1 atom stereocenters. The van der Waals surface area contributed by atoms with Crippen LogP contribution in [0, 0.1) is 0 Å². The molecule has 1 aliphatic heterocycles. The van der Waals surface area contributed by atoms with E-state index < -0.39 is 0 Å². The molecule has 1 aromatic carbocycles. The minimum absolute atomic E-state index is 0.293. The van der Waals surface area contributed by atoms with Crippen LogP contribution in [-0.4, -0.2) is 5.97 Å². The van der Waals surface area contributed by atoms with Crippen molar-refractivity contribution >= 4 is 53.8 Å². The SMILES string of the molecule is O=C1OC(Br)c2c(Br)cc(Br)cc21. The number of hydrogen-bond acceptors (Lipinski definition) is 2.